The summed E-state index contributed by atoms with van der Waals surface area (Å²) in [6.45, 7) is 2.10. The molecular formula is C21H19N3. The number of hydrogen-bond acceptors (Lipinski definition) is 3. The summed E-state index contributed by atoms with van der Waals surface area (Å²) in [5.41, 5.74) is 9.21. The fraction of sp³-hybridized carbons (Fsp3) is 0.0476. The minimum atomic E-state index is 1.10. The number of benzene rings is 3. The highest BCUT2D eigenvalue weighted by atomic mass is 15.8. The van der Waals surface area contributed by atoms with Crippen molar-refractivity contribution in [1.29, 1.82) is 0 Å². The zero-order valence-electron chi connectivity index (χ0n) is 13.6. The summed E-state index contributed by atoms with van der Waals surface area (Å²) in [5, 5.41) is 4.16. The Morgan fingerprint density at radius 3 is 1.96 bits per heavy atom. The lowest BCUT2D eigenvalue weighted by Crippen LogP contribution is -2.40. The van der Waals surface area contributed by atoms with Crippen LogP contribution in [0.3, 0.4) is 0 Å². The van der Waals surface area contributed by atoms with Gasteiger partial charge in [0.1, 0.15) is 0 Å². The predicted octanol–water partition coefficient (Wildman–Crippen LogP) is 4.74. The van der Waals surface area contributed by atoms with E-state index in [1.165, 1.54) is 11.1 Å². The molecular weight excluding hydrogens is 294 g/mol. The van der Waals surface area contributed by atoms with E-state index in [2.05, 4.69) is 84.3 Å². The molecule has 0 saturated heterocycles. The van der Waals surface area contributed by atoms with Crippen molar-refractivity contribution in [3.63, 3.8) is 0 Å². The van der Waals surface area contributed by atoms with E-state index in [9.17, 15) is 0 Å². The van der Waals surface area contributed by atoms with Gasteiger partial charge in [-0.2, -0.15) is 0 Å². The molecule has 0 saturated carbocycles. The molecule has 0 atom stereocenters. The summed E-state index contributed by atoms with van der Waals surface area (Å²) >= 11 is 0. The molecule has 3 nitrogen and oxygen atoms in total. The molecule has 118 valence electrons. The van der Waals surface area contributed by atoms with E-state index >= 15 is 0 Å². The normalized spacial score (nSPS) is 14.0. The van der Waals surface area contributed by atoms with Crippen LogP contribution in [0.4, 0.5) is 11.4 Å². The zero-order chi connectivity index (χ0) is 16.4. The number of para-hydroxylation sites is 1. The predicted molar refractivity (Wildman–Crippen MR) is 100 cm³/mol. The van der Waals surface area contributed by atoms with Crippen LogP contribution in [0.25, 0.3) is 5.70 Å². The van der Waals surface area contributed by atoms with Crippen molar-refractivity contribution in [3.05, 3.63) is 102 Å². The average Bonchev–Trinajstić information content (AvgIpc) is 3.09. The molecule has 0 spiro atoms. The lowest BCUT2D eigenvalue weighted by molar-refractivity contribution is 0.760. The molecule has 0 aliphatic carbocycles. The Balaban J connectivity index is 1.75. The van der Waals surface area contributed by atoms with Crippen LogP contribution < -0.4 is 15.6 Å². The highest BCUT2D eigenvalue weighted by molar-refractivity contribution is 5.83. The first-order chi connectivity index (χ1) is 11.8. The average molecular weight is 313 g/mol. The standard InChI is InChI=1S/C21H19N3/c1-17-12-14-20(15-13-17)24-21(18-8-4-2-5-9-18)16-23(22-24)19-10-6-3-7-11-19/h2-16,22H,1H3. The maximum absolute atomic E-state index is 3.47. The molecule has 0 aromatic heterocycles. The quantitative estimate of drug-likeness (QED) is 0.753. The number of anilines is 2. The van der Waals surface area contributed by atoms with E-state index in [1.807, 2.05) is 29.3 Å². The number of nitrogens with zero attached hydrogens (tertiary/aromatic N) is 2. The molecule has 0 radical (unpaired) electrons. The second-order valence-corrected chi connectivity index (χ2v) is 5.86. The maximum atomic E-state index is 3.47. The first kappa shape index (κ1) is 14.5. The van der Waals surface area contributed by atoms with Crippen molar-refractivity contribution < 1.29 is 0 Å². The van der Waals surface area contributed by atoms with E-state index in [-0.39, 0.29) is 0 Å². The van der Waals surface area contributed by atoms with Gasteiger partial charge in [-0.1, -0.05) is 66.2 Å². The Morgan fingerprint density at radius 1 is 0.667 bits per heavy atom. The van der Waals surface area contributed by atoms with Gasteiger partial charge in [-0.25, -0.2) is 0 Å². The summed E-state index contributed by atoms with van der Waals surface area (Å²) in [5.74, 6) is 0. The zero-order valence-corrected chi connectivity index (χ0v) is 13.6. The highest BCUT2D eigenvalue weighted by Gasteiger charge is 2.24. The monoisotopic (exact) mass is 313 g/mol. The molecule has 1 aliphatic heterocycles. The lowest BCUT2D eigenvalue weighted by atomic mass is 10.1. The molecule has 3 aromatic rings. The SMILES string of the molecule is Cc1ccc(N2NN(c3ccccc3)C=C2c2ccccc2)cc1. The van der Waals surface area contributed by atoms with E-state index in [1.54, 1.807) is 0 Å². The third-order valence-electron chi connectivity index (χ3n) is 4.10. The van der Waals surface area contributed by atoms with Crippen molar-refractivity contribution in [2.75, 3.05) is 10.0 Å². The van der Waals surface area contributed by atoms with Gasteiger partial charge < -0.3 is 0 Å². The van der Waals surface area contributed by atoms with Crippen molar-refractivity contribution in [3.8, 4) is 0 Å². The number of hydrazine groups is 2. The summed E-state index contributed by atoms with van der Waals surface area (Å²) in [7, 11) is 0. The molecule has 1 heterocycles. The third kappa shape index (κ3) is 2.77. The summed E-state index contributed by atoms with van der Waals surface area (Å²) in [4.78, 5) is 0. The number of hydrogen-bond donors (Lipinski definition) is 1. The van der Waals surface area contributed by atoms with Crippen molar-refractivity contribution in [2.24, 2.45) is 0 Å². The van der Waals surface area contributed by atoms with Gasteiger partial charge in [0.2, 0.25) is 0 Å². The van der Waals surface area contributed by atoms with Crippen LogP contribution in [0.2, 0.25) is 0 Å². The van der Waals surface area contributed by atoms with Gasteiger partial charge in [-0.3, -0.25) is 10.0 Å². The van der Waals surface area contributed by atoms with Gasteiger partial charge in [0.05, 0.1) is 17.1 Å². The fourth-order valence-electron chi connectivity index (χ4n) is 2.79. The Morgan fingerprint density at radius 2 is 1.29 bits per heavy atom. The van der Waals surface area contributed by atoms with Crippen molar-refractivity contribution >= 4 is 17.1 Å². The molecule has 1 N–H and O–H groups in total. The number of nitrogens with one attached hydrogen (secondary N) is 1. The fourth-order valence-corrected chi connectivity index (χ4v) is 2.79. The second kappa shape index (κ2) is 6.22. The lowest BCUT2D eigenvalue weighted by Gasteiger charge is -2.25. The molecule has 0 bridgehead atoms. The van der Waals surface area contributed by atoms with Crippen LogP contribution in [0.5, 0.6) is 0 Å². The van der Waals surface area contributed by atoms with E-state index in [0.717, 1.165) is 17.1 Å². The number of rotatable bonds is 3. The minimum Gasteiger partial charge on any atom is -0.264 e. The smallest absolute Gasteiger partial charge is 0.0846 e. The van der Waals surface area contributed by atoms with Gasteiger partial charge >= 0.3 is 0 Å². The third-order valence-corrected chi connectivity index (χ3v) is 4.10. The van der Waals surface area contributed by atoms with E-state index < -0.39 is 0 Å². The molecule has 0 amide bonds. The van der Waals surface area contributed by atoms with Gasteiger partial charge in [0.15, 0.2) is 0 Å². The van der Waals surface area contributed by atoms with E-state index in [4.69, 9.17) is 0 Å². The van der Waals surface area contributed by atoms with Crippen molar-refractivity contribution in [2.45, 2.75) is 6.92 Å². The molecule has 3 aromatic carbocycles. The van der Waals surface area contributed by atoms with E-state index in [0.29, 0.717) is 0 Å². The Hall–Kier alpha value is -3.04. The largest absolute Gasteiger partial charge is 0.264 e. The van der Waals surface area contributed by atoms with Crippen LogP contribution in [0, 0.1) is 6.92 Å². The maximum Gasteiger partial charge on any atom is 0.0846 e. The molecule has 24 heavy (non-hydrogen) atoms. The Labute approximate surface area is 142 Å². The number of aryl methyl sites for hydroxylation is 1. The second-order valence-electron chi connectivity index (χ2n) is 5.86. The minimum absolute atomic E-state index is 1.10. The van der Waals surface area contributed by atoms with Gasteiger partial charge in [0, 0.05) is 11.8 Å². The first-order valence-electron chi connectivity index (χ1n) is 8.06. The molecule has 1 aliphatic rings. The summed E-state index contributed by atoms with van der Waals surface area (Å²) in [6.07, 6.45) is 2.13. The van der Waals surface area contributed by atoms with Crippen LogP contribution in [0.15, 0.2) is 91.1 Å². The van der Waals surface area contributed by atoms with Gasteiger partial charge in [-0.15, -0.1) is 5.53 Å². The molecule has 0 fully saturated rings. The molecule has 3 heteroatoms. The molecule has 0 unspecified atom stereocenters. The summed E-state index contributed by atoms with van der Waals surface area (Å²) in [6, 6.07) is 29.2. The van der Waals surface area contributed by atoms with Crippen LogP contribution in [0.1, 0.15) is 11.1 Å². The Bertz CT molecular complexity index is 839. The topological polar surface area (TPSA) is 18.5 Å². The first-order valence-corrected chi connectivity index (χ1v) is 8.06. The van der Waals surface area contributed by atoms with Gasteiger partial charge in [-0.05, 0) is 31.2 Å². The Kier molecular flexibility index (Phi) is 3.77. The van der Waals surface area contributed by atoms with Crippen LogP contribution in [-0.2, 0) is 0 Å². The van der Waals surface area contributed by atoms with Gasteiger partial charge in [0.25, 0.3) is 0 Å². The highest BCUT2D eigenvalue weighted by Crippen LogP contribution is 2.31. The van der Waals surface area contributed by atoms with Crippen LogP contribution in [-0.4, -0.2) is 0 Å². The molecule has 4 rings (SSSR count). The van der Waals surface area contributed by atoms with Crippen molar-refractivity contribution in [1.82, 2.24) is 5.53 Å². The van der Waals surface area contributed by atoms with Crippen LogP contribution >= 0.6 is 0 Å². The summed E-state index contributed by atoms with van der Waals surface area (Å²) < 4.78 is 0.